The molecule has 5 nitrogen and oxygen atoms in total. The lowest BCUT2D eigenvalue weighted by molar-refractivity contribution is -0.132. The van der Waals surface area contributed by atoms with Crippen LogP contribution in [0.25, 0.3) is 0 Å². The van der Waals surface area contributed by atoms with E-state index in [1.165, 1.54) is 11.8 Å². The number of carbonyl (C=O) groups is 2. The molecule has 0 aliphatic carbocycles. The molecule has 0 bridgehead atoms. The quantitative estimate of drug-likeness (QED) is 0.770. The van der Waals surface area contributed by atoms with Gasteiger partial charge in [0.2, 0.25) is 5.91 Å². The van der Waals surface area contributed by atoms with E-state index in [9.17, 15) is 9.59 Å². The maximum absolute atomic E-state index is 12.2. The highest BCUT2D eigenvalue weighted by atomic mass is 32.2. The normalized spacial score (nSPS) is 16.4. The van der Waals surface area contributed by atoms with Gasteiger partial charge in [-0.2, -0.15) is 11.8 Å². The number of likely N-dealkylation sites (tertiary alicyclic amines) is 1. The van der Waals surface area contributed by atoms with Gasteiger partial charge < -0.3 is 15.0 Å². The summed E-state index contributed by atoms with van der Waals surface area (Å²) in [6.07, 6.45) is 4.82. The zero-order valence-electron chi connectivity index (χ0n) is 15.3. The van der Waals surface area contributed by atoms with Crippen molar-refractivity contribution in [2.75, 3.05) is 26.0 Å². The van der Waals surface area contributed by atoms with Crippen LogP contribution in [0, 0.1) is 0 Å². The van der Waals surface area contributed by atoms with Crippen molar-refractivity contribution in [1.82, 2.24) is 10.2 Å². The first-order valence-corrected chi connectivity index (χ1v) is 10.2. The Labute approximate surface area is 154 Å². The van der Waals surface area contributed by atoms with Crippen LogP contribution in [0.5, 0.6) is 5.75 Å². The third-order valence-corrected chi connectivity index (χ3v) is 5.47. The van der Waals surface area contributed by atoms with E-state index in [2.05, 4.69) is 5.32 Å². The van der Waals surface area contributed by atoms with Gasteiger partial charge in [-0.15, -0.1) is 0 Å². The summed E-state index contributed by atoms with van der Waals surface area (Å²) in [5, 5.41) is 2.98. The van der Waals surface area contributed by atoms with Gasteiger partial charge in [0, 0.05) is 18.7 Å². The zero-order valence-corrected chi connectivity index (χ0v) is 16.1. The Balaban J connectivity index is 2.04. The van der Waals surface area contributed by atoms with Crippen LogP contribution < -0.4 is 10.1 Å². The second-order valence-corrected chi connectivity index (χ2v) is 7.44. The summed E-state index contributed by atoms with van der Waals surface area (Å²) in [6.45, 7) is 5.61. The summed E-state index contributed by atoms with van der Waals surface area (Å²) in [5.41, 5.74) is 0.917. The monoisotopic (exact) mass is 364 g/mol. The molecule has 1 aliphatic heterocycles. The van der Waals surface area contributed by atoms with Crippen LogP contribution in [0.1, 0.15) is 44.7 Å². The fraction of sp³-hybridized carbons (Fsp3) is 0.579. The largest absolute Gasteiger partial charge is 0.483 e. The number of para-hydroxylation sites is 1. The maximum Gasteiger partial charge on any atom is 0.260 e. The van der Waals surface area contributed by atoms with Gasteiger partial charge in [-0.05, 0) is 38.5 Å². The van der Waals surface area contributed by atoms with Gasteiger partial charge in [0.15, 0.2) is 6.61 Å². The molecule has 1 fully saturated rings. The van der Waals surface area contributed by atoms with Crippen molar-refractivity contribution in [3.63, 3.8) is 0 Å². The van der Waals surface area contributed by atoms with Crippen molar-refractivity contribution in [3.8, 4) is 5.75 Å². The highest BCUT2D eigenvalue weighted by Crippen LogP contribution is 2.28. The molecule has 1 aromatic rings. The molecular weight excluding hydrogens is 336 g/mol. The van der Waals surface area contributed by atoms with Crippen molar-refractivity contribution < 1.29 is 14.3 Å². The van der Waals surface area contributed by atoms with Crippen molar-refractivity contribution in [2.45, 2.75) is 44.4 Å². The Morgan fingerprint density at radius 2 is 1.96 bits per heavy atom. The van der Waals surface area contributed by atoms with Crippen LogP contribution >= 0.6 is 11.8 Å². The third-order valence-electron chi connectivity index (χ3n) is 4.55. The van der Waals surface area contributed by atoms with Crippen LogP contribution in [-0.4, -0.2) is 47.9 Å². The summed E-state index contributed by atoms with van der Waals surface area (Å²) < 4.78 is 5.81. The smallest absolute Gasteiger partial charge is 0.260 e. The van der Waals surface area contributed by atoms with E-state index in [4.69, 9.17) is 4.74 Å². The number of amides is 2. The first-order chi connectivity index (χ1) is 12.1. The minimum atomic E-state index is -0.125. The number of nitrogens with zero attached hydrogens (tertiary/aromatic N) is 1. The highest BCUT2D eigenvalue weighted by molar-refractivity contribution is 7.99. The van der Waals surface area contributed by atoms with Gasteiger partial charge in [0.25, 0.3) is 5.91 Å². The molecular formula is C19H28N2O3S. The molecule has 0 saturated carbocycles. The average molecular weight is 365 g/mol. The topological polar surface area (TPSA) is 58.6 Å². The first-order valence-electron chi connectivity index (χ1n) is 8.89. The summed E-state index contributed by atoms with van der Waals surface area (Å²) in [5.74, 6) is 0.710. The Morgan fingerprint density at radius 3 is 2.60 bits per heavy atom. The molecule has 2 atom stereocenters. The third kappa shape index (κ3) is 5.39. The molecule has 2 amide bonds. The van der Waals surface area contributed by atoms with Gasteiger partial charge in [0.1, 0.15) is 5.75 Å². The first kappa shape index (κ1) is 19.6. The van der Waals surface area contributed by atoms with Gasteiger partial charge in [-0.25, -0.2) is 0 Å². The molecule has 1 saturated heterocycles. The van der Waals surface area contributed by atoms with Gasteiger partial charge in [-0.3, -0.25) is 9.59 Å². The lowest BCUT2D eigenvalue weighted by atomic mass is 10.0. The van der Waals surface area contributed by atoms with E-state index in [1.807, 2.05) is 49.3 Å². The molecule has 1 aliphatic rings. The number of benzene rings is 1. The predicted molar refractivity (Wildman–Crippen MR) is 102 cm³/mol. The molecule has 0 radical (unpaired) electrons. The van der Waals surface area contributed by atoms with Crippen LogP contribution in [0.2, 0.25) is 0 Å². The number of ether oxygens (including phenoxy) is 1. The number of carbonyl (C=O) groups excluding carboxylic acids is 2. The molecule has 1 N–H and O–H groups in total. The number of hydrogen-bond acceptors (Lipinski definition) is 4. The zero-order chi connectivity index (χ0) is 18.2. The molecule has 138 valence electrons. The van der Waals surface area contributed by atoms with Gasteiger partial charge in [-0.1, -0.05) is 25.1 Å². The fourth-order valence-electron chi connectivity index (χ4n) is 2.89. The van der Waals surface area contributed by atoms with Gasteiger partial charge in [0.05, 0.1) is 11.3 Å². The summed E-state index contributed by atoms with van der Waals surface area (Å²) in [7, 11) is 0. The lowest BCUT2D eigenvalue weighted by Crippen LogP contribution is -2.34. The Bertz CT molecular complexity index is 588. The van der Waals surface area contributed by atoms with E-state index < -0.39 is 0 Å². The molecule has 1 heterocycles. The molecule has 0 aromatic heterocycles. The summed E-state index contributed by atoms with van der Waals surface area (Å²) in [4.78, 5) is 26.3. The van der Waals surface area contributed by atoms with Gasteiger partial charge >= 0.3 is 0 Å². The van der Waals surface area contributed by atoms with Crippen LogP contribution in [-0.2, 0) is 9.59 Å². The summed E-state index contributed by atoms with van der Waals surface area (Å²) in [6, 6.07) is 7.50. The van der Waals surface area contributed by atoms with E-state index in [-0.39, 0.29) is 29.7 Å². The minimum Gasteiger partial charge on any atom is -0.483 e. The van der Waals surface area contributed by atoms with E-state index in [1.54, 1.807) is 0 Å². The van der Waals surface area contributed by atoms with E-state index >= 15 is 0 Å². The number of nitrogens with one attached hydrogen (secondary N) is 1. The van der Waals surface area contributed by atoms with Crippen molar-refractivity contribution in [2.24, 2.45) is 0 Å². The second kappa shape index (κ2) is 9.70. The Kier molecular flexibility index (Phi) is 7.62. The van der Waals surface area contributed by atoms with Crippen LogP contribution in [0.4, 0.5) is 0 Å². The minimum absolute atomic E-state index is 0.0160. The maximum atomic E-state index is 12.2. The average Bonchev–Trinajstić information content (AvgIpc) is 3.18. The Morgan fingerprint density at radius 1 is 1.28 bits per heavy atom. The molecule has 6 heteroatoms. The van der Waals surface area contributed by atoms with Crippen LogP contribution in [0.3, 0.4) is 0 Å². The molecule has 1 aromatic carbocycles. The lowest BCUT2D eigenvalue weighted by Gasteiger charge is -2.22. The highest BCUT2D eigenvalue weighted by Gasteiger charge is 2.22. The summed E-state index contributed by atoms with van der Waals surface area (Å²) >= 11 is 1.52. The number of rotatable bonds is 8. The Hall–Kier alpha value is -1.69. The van der Waals surface area contributed by atoms with E-state index in [0.29, 0.717) is 5.75 Å². The standard InChI is InChI=1S/C19H28N2O3S/c1-4-16(20-19(23)14(2)25-3)15-9-5-6-10-17(15)24-13-18(22)21-11-7-8-12-21/h5-6,9-10,14,16H,4,7-8,11-13H2,1-3H3,(H,20,23)/t14-,16-/m0/s1. The van der Waals surface area contributed by atoms with Crippen molar-refractivity contribution in [3.05, 3.63) is 29.8 Å². The SMILES string of the molecule is CC[C@H](NC(=O)[C@H](C)SC)c1ccccc1OCC(=O)N1CCCC1. The molecule has 0 unspecified atom stereocenters. The van der Waals surface area contributed by atoms with Crippen molar-refractivity contribution >= 4 is 23.6 Å². The number of thioether (sulfide) groups is 1. The molecule has 25 heavy (non-hydrogen) atoms. The number of hydrogen-bond donors (Lipinski definition) is 1. The second-order valence-electron chi connectivity index (χ2n) is 6.26. The van der Waals surface area contributed by atoms with Crippen LogP contribution in [0.15, 0.2) is 24.3 Å². The van der Waals surface area contributed by atoms with Crippen molar-refractivity contribution in [1.29, 1.82) is 0 Å². The van der Waals surface area contributed by atoms with E-state index in [0.717, 1.165) is 37.9 Å². The molecule has 0 spiro atoms. The molecule has 2 rings (SSSR count). The fourth-order valence-corrected chi connectivity index (χ4v) is 3.18. The predicted octanol–water partition coefficient (Wildman–Crippen LogP) is 3.01.